The van der Waals surface area contributed by atoms with Crippen molar-refractivity contribution in [3.8, 4) is 0 Å². The van der Waals surface area contributed by atoms with Crippen LogP contribution in [0.3, 0.4) is 0 Å². The van der Waals surface area contributed by atoms with Crippen LogP contribution in [0.2, 0.25) is 0 Å². The molecule has 1 nitrogen and oxygen atoms in total. The van der Waals surface area contributed by atoms with Crippen LogP contribution < -0.4 is 0 Å². The first kappa shape index (κ1) is 15.5. The maximum Gasteiger partial charge on any atom is 0.0499 e. The first-order chi connectivity index (χ1) is 9.15. The second-order valence-corrected chi connectivity index (χ2v) is 8.18. The fourth-order valence-corrected chi connectivity index (χ4v) is 3.88. The first-order valence-corrected chi connectivity index (χ1v) is 8.14. The van der Waals surface area contributed by atoms with Gasteiger partial charge in [-0.05, 0) is 48.7 Å². The number of nitrogens with zero attached hydrogens (tertiary/aromatic N) is 1. The van der Waals surface area contributed by atoms with Crippen molar-refractivity contribution in [1.82, 2.24) is 0 Å². The number of aliphatic imine (C=N–C) groups is 1. The lowest BCUT2D eigenvalue weighted by Crippen LogP contribution is -2.27. The van der Waals surface area contributed by atoms with E-state index >= 15 is 0 Å². The minimum atomic E-state index is 0.168. The molecule has 1 aliphatic carbocycles. The second-order valence-electron chi connectivity index (χ2n) is 8.18. The molecule has 0 N–H and O–H groups in total. The van der Waals surface area contributed by atoms with E-state index in [2.05, 4.69) is 48.1 Å². The number of rotatable bonds is 0. The fraction of sp³-hybridized carbons (Fsp3) is 0.737. The summed E-state index contributed by atoms with van der Waals surface area (Å²) in [6, 6.07) is 0. The van der Waals surface area contributed by atoms with E-state index in [0.29, 0.717) is 5.92 Å². The Kier molecular flexibility index (Phi) is 4.01. The van der Waals surface area contributed by atoms with E-state index in [0.717, 1.165) is 6.42 Å². The van der Waals surface area contributed by atoms with Crippen LogP contribution in [-0.4, -0.2) is 5.71 Å². The van der Waals surface area contributed by atoms with Crippen molar-refractivity contribution >= 4 is 5.71 Å². The normalized spacial score (nSPS) is 30.0. The van der Waals surface area contributed by atoms with Gasteiger partial charge in [0.05, 0.1) is 0 Å². The molecule has 0 radical (unpaired) electrons. The second kappa shape index (κ2) is 5.16. The maximum absolute atomic E-state index is 5.08. The minimum Gasteiger partial charge on any atom is -0.262 e. The predicted octanol–water partition coefficient (Wildman–Crippen LogP) is 5.92. The smallest absolute Gasteiger partial charge is 0.0499 e. The van der Waals surface area contributed by atoms with Crippen molar-refractivity contribution in [1.29, 1.82) is 0 Å². The summed E-state index contributed by atoms with van der Waals surface area (Å²) in [4.78, 5) is 5.08. The van der Waals surface area contributed by atoms with E-state index in [1.54, 1.807) is 0 Å². The molecule has 2 rings (SSSR count). The largest absolute Gasteiger partial charge is 0.262 e. The average Bonchev–Trinajstić information content (AvgIpc) is 2.42. The van der Waals surface area contributed by atoms with Gasteiger partial charge in [0.15, 0.2) is 0 Å². The molecule has 0 saturated heterocycles. The lowest BCUT2D eigenvalue weighted by atomic mass is 9.67. The highest BCUT2D eigenvalue weighted by atomic mass is 14.8. The minimum absolute atomic E-state index is 0.168. The summed E-state index contributed by atoms with van der Waals surface area (Å²) < 4.78 is 0. The Hall–Kier alpha value is -0.850. The molecule has 0 saturated carbocycles. The lowest BCUT2D eigenvalue weighted by Gasteiger charge is -2.39. The van der Waals surface area contributed by atoms with Crippen LogP contribution in [0.4, 0.5) is 0 Å². The predicted molar refractivity (Wildman–Crippen MR) is 89.1 cm³/mol. The SMILES string of the molecule is C=C1C2=C(N=C(C)CC1C)C(C)(C)CCCCC2(C)C. The molecule has 20 heavy (non-hydrogen) atoms. The van der Waals surface area contributed by atoms with Crippen molar-refractivity contribution in [2.24, 2.45) is 21.7 Å². The summed E-state index contributed by atoms with van der Waals surface area (Å²) in [5.41, 5.74) is 5.77. The van der Waals surface area contributed by atoms with Gasteiger partial charge in [0.2, 0.25) is 0 Å². The molecular weight excluding hydrogens is 242 g/mol. The third kappa shape index (κ3) is 2.77. The Morgan fingerprint density at radius 1 is 1.05 bits per heavy atom. The zero-order chi connectivity index (χ0) is 15.1. The van der Waals surface area contributed by atoms with Crippen LogP contribution in [0.1, 0.15) is 73.6 Å². The van der Waals surface area contributed by atoms with Gasteiger partial charge < -0.3 is 0 Å². The Balaban J connectivity index is 2.70. The van der Waals surface area contributed by atoms with Gasteiger partial charge in [-0.25, -0.2) is 0 Å². The van der Waals surface area contributed by atoms with Crippen molar-refractivity contribution in [2.45, 2.75) is 73.6 Å². The molecule has 1 atom stereocenters. The molecule has 1 heterocycles. The molecule has 0 bridgehead atoms. The van der Waals surface area contributed by atoms with Gasteiger partial charge in [0.1, 0.15) is 0 Å². The molecule has 0 aromatic heterocycles. The number of hydrogen-bond donors (Lipinski definition) is 0. The van der Waals surface area contributed by atoms with E-state index in [1.807, 2.05) is 0 Å². The zero-order valence-electron chi connectivity index (χ0n) is 14.3. The van der Waals surface area contributed by atoms with Crippen LogP contribution in [0.15, 0.2) is 28.4 Å². The van der Waals surface area contributed by atoms with E-state index < -0.39 is 0 Å². The molecule has 0 fully saturated rings. The van der Waals surface area contributed by atoms with Crippen molar-refractivity contribution in [2.75, 3.05) is 0 Å². The molecule has 0 spiro atoms. The molecule has 112 valence electrons. The highest BCUT2D eigenvalue weighted by molar-refractivity contribution is 5.84. The summed E-state index contributed by atoms with van der Waals surface area (Å²) in [5, 5.41) is 0. The van der Waals surface area contributed by atoms with Gasteiger partial charge in [-0.3, -0.25) is 4.99 Å². The highest BCUT2D eigenvalue weighted by Crippen LogP contribution is 2.50. The van der Waals surface area contributed by atoms with Crippen molar-refractivity contribution in [3.63, 3.8) is 0 Å². The summed E-state index contributed by atoms with van der Waals surface area (Å²) in [7, 11) is 0. The first-order valence-electron chi connectivity index (χ1n) is 8.14. The van der Waals surface area contributed by atoms with Crippen LogP contribution in [0.5, 0.6) is 0 Å². The van der Waals surface area contributed by atoms with Gasteiger partial charge in [-0.1, -0.05) is 54.0 Å². The number of hydrogen-bond acceptors (Lipinski definition) is 1. The molecule has 0 aromatic rings. The van der Waals surface area contributed by atoms with Crippen molar-refractivity contribution < 1.29 is 0 Å². The molecule has 0 amide bonds. The maximum atomic E-state index is 5.08. The molecular formula is C19H31N. The topological polar surface area (TPSA) is 12.4 Å². The monoisotopic (exact) mass is 273 g/mol. The Morgan fingerprint density at radius 2 is 1.60 bits per heavy atom. The number of allylic oxidation sites excluding steroid dienone is 3. The molecule has 1 aliphatic heterocycles. The van der Waals surface area contributed by atoms with Gasteiger partial charge in [-0.2, -0.15) is 0 Å². The van der Waals surface area contributed by atoms with Crippen molar-refractivity contribution in [3.05, 3.63) is 23.4 Å². The summed E-state index contributed by atoms with van der Waals surface area (Å²) >= 11 is 0. The van der Waals surface area contributed by atoms with E-state index in [4.69, 9.17) is 4.99 Å². The lowest BCUT2D eigenvalue weighted by molar-refractivity contribution is 0.304. The van der Waals surface area contributed by atoms with Crippen LogP contribution in [0.25, 0.3) is 0 Å². The van der Waals surface area contributed by atoms with E-state index in [9.17, 15) is 0 Å². The molecule has 0 aromatic carbocycles. The third-order valence-electron chi connectivity index (χ3n) is 5.23. The zero-order valence-corrected chi connectivity index (χ0v) is 14.3. The Labute approximate surface area is 125 Å². The summed E-state index contributed by atoms with van der Waals surface area (Å²) in [5.74, 6) is 0.515. The highest BCUT2D eigenvalue weighted by Gasteiger charge is 2.38. The fourth-order valence-electron chi connectivity index (χ4n) is 3.88. The van der Waals surface area contributed by atoms with Crippen LogP contribution in [-0.2, 0) is 0 Å². The van der Waals surface area contributed by atoms with Gasteiger partial charge in [0.25, 0.3) is 0 Å². The summed E-state index contributed by atoms with van der Waals surface area (Å²) in [6.07, 6.45) is 6.17. The Morgan fingerprint density at radius 3 is 2.20 bits per heavy atom. The van der Waals surface area contributed by atoms with Gasteiger partial charge >= 0.3 is 0 Å². The molecule has 2 aliphatic rings. The molecule has 1 unspecified atom stereocenters. The average molecular weight is 273 g/mol. The van der Waals surface area contributed by atoms with E-state index in [1.165, 1.54) is 48.2 Å². The molecule has 1 heteroatoms. The van der Waals surface area contributed by atoms with Crippen LogP contribution in [0, 0.1) is 16.7 Å². The Bertz CT molecular complexity index is 474. The summed E-state index contributed by atoms with van der Waals surface area (Å²) in [6.45, 7) is 18.5. The van der Waals surface area contributed by atoms with Gasteiger partial charge in [-0.15, -0.1) is 0 Å². The van der Waals surface area contributed by atoms with Gasteiger partial charge in [0, 0.05) is 16.8 Å². The quantitative estimate of drug-likeness (QED) is 0.519. The van der Waals surface area contributed by atoms with Crippen LogP contribution >= 0.6 is 0 Å². The van der Waals surface area contributed by atoms with E-state index in [-0.39, 0.29) is 10.8 Å². The standard InChI is InChI=1S/C19H31N/c1-13-12-14(2)20-17-16(15(13)3)18(4,5)10-8-9-11-19(17,6)7/h13H,3,8-12H2,1-2,4-7H3. The third-order valence-corrected chi connectivity index (χ3v) is 5.23.